The van der Waals surface area contributed by atoms with Crippen molar-refractivity contribution in [2.45, 2.75) is 11.8 Å². The maximum Gasteiger partial charge on any atom is 0.267 e. The van der Waals surface area contributed by atoms with Gasteiger partial charge in [0.05, 0.1) is 17.7 Å². The lowest BCUT2D eigenvalue weighted by Crippen LogP contribution is -2.15. The number of benzene rings is 2. The van der Waals surface area contributed by atoms with E-state index in [9.17, 15) is 13.2 Å². The van der Waals surface area contributed by atoms with E-state index in [1.165, 1.54) is 30.8 Å². The van der Waals surface area contributed by atoms with E-state index in [1.54, 1.807) is 30.3 Å². The summed E-state index contributed by atoms with van der Waals surface area (Å²) in [6, 6.07) is 11.2. The highest BCUT2D eigenvalue weighted by Crippen LogP contribution is 2.28. The normalized spacial score (nSPS) is 11.3. The number of methoxy groups -OCH3 is 1. The lowest BCUT2D eigenvalue weighted by Gasteiger charge is -2.12. The van der Waals surface area contributed by atoms with Crippen LogP contribution in [0.15, 0.2) is 53.4 Å². The van der Waals surface area contributed by atoms with Crippen LogP contribution in [0.25, 0.3) is 6.08 Å². The van der Waals surface area contributed by atoms with Gasteiger partial charge in [-0.25, -0.2) is 13.9 Å². The SMILES string of the molecule is COc1cc(C)ccc1NS(=O)(=O)c1cccc(/C=C/C(=O)NO)c1. The minimum Gasteiger partial charge on any atom is -0.495 e. The van der Waals surface area contributed by atoms with Crippen LogP contribution in [0.2, 0.25) is 0 Å². The first kappa shape index (κ1) is 18.5. The van der Waals surface area contributed by atoms with Crippen LogP contribution in [0.4, 0.5) is 5.69 Å². The molecule has 0 saturated heterocycles. The summed E-state index contributed by atoms with van der Waals surface area (Å²) in [4.78, 5) is 11.0. The van der Waals surface area contributed by atoms with Crippen molar-refractivity contribution in [3.63, 3.8) is 0 Å². The summed E-state index contributed by atoms with van der Waals surface area (Å²) in [6.07, 6.45) is 2.47. The molecule has 1 amide bonds. The molecular formula is C17H18N2O5S. The average molecular weight is 362 g/mol. The Morgan fingerprint density at radius 1 is 1.20 bits per heavy atom. The molecule has 0 aromatic heterocycles. The highest BCUT2D eigenvalue weighted by Gasteiger charge is 2.16. The largest absolute Gasteiger partial charge is 0.495 e. The van der Waals surface area contributed by atoms with E-state index in [0.29, 0.717) is 17.0 Å². The number of hydrogen-bond acceptors (Lipinski definition) is 5. The van der Waals surface area contributed by atoms with E-state index in [2.05, 4.69) is 4.72 Å². The number of hydrogen-bond donors (Lipinski definition) is 3. The number of carbonyl (C=O) groups excluding carboxylic acids is 1. The second-order valence-electron chi connectivity index (χ2n) is 5.19. The molecule has 0 fully saturated rings. The fraction of sp³-hybridized carbons (Fsp3) is 0.118. The van der Waals surface area contributed by atoms with Crippen LogP contribution >= 0.6 is 0 Å². The van der Waals surface area contributed by atoms with Crippen LogP contribution in [0.5, 0.6) is 5.75 Å². The fourth-order valence-corrected chi connectivity index (χ4v) is 3.21. The third-order valence-electron chi connectivity index (χ3n) is 3.31. The Labute approximate surface area is 146 Å². The van der Waals surface area contributed by atoms with Crippen LogP contribution in [-0.2, 0) is 14.8 Å². The Hall–Kier alpha value is -2.84. The zero-order chi connectivity index (χ0) is 18.4. The number of amides is 1. The maximum atomic E-state index is 12.6. The predicted octanol–water partition coefficient (Wildman–Crippen LogP) is 2.32. The first-order chi connectivity index (χ1) is 11.9. The van der Waals surface area contributed by atoms with Crippen LogP contribution in [0.1, 0.15) is 11.1 Å². The lowest BCUT2D eigenvalue weighted by molar-refractivity contribution is -0.124. The average Bonchev–Trinajstić information content (AvgIpc) is 2.61. The van der Waals surface area contributed by atoms with Gasteiger partial charge in [-0.2, -0.15) is 0 Å². The van der Waals surface area contributed by atoms with Gasteiger partial charge in [-0.3, -0.25) is 14.7 Å². The maximum absolute atomic E-state index is 12.6. The molecular weight excluding hydrogens is 344 g/mol. The molecule has 2 aromatic carbocycles. The summed E-state index contributed by atoms with van der Waals surface area (Å²) in [5.41, 5.74) is 3.21. The molecule has 0 aliphatic carbocycles. The lowest BCUT2D eigenvalue weighted by atomic mass is 10.2. The molecule has 132 valence electrons. The zero-order valence-electron chi connectivity index (χ0n) is 13.7. The van der Waals surface area contributed by atoms with Crippen molar-refractivity contribution in [3.05, 3.63) is 59.7 Å². The number of ether oxygens (including phenoxy) is 1. The van der Waals surface area contributed by atoms with E-state index in [1.807, 2.05) is 6.92 Å². The Balaban J connectivity index is 2.31. The van der Waals surface area contributed by atoms with Gasteiger partial charge in [-0.15, -0.1) is 0 Å². The Kier molecular flexibility index (Phi) is 5.79. The molecule has 0 bridgehead atoms. The molecule has 0 unspecified atom stereocenters. The first-order valence-corrected chi connectivity index (χ1v) is 8.73. The van der Waals surface area contributed by atoms with Crippen molar-refractivity contribution in [1.29, 1.82) is 0 Å². The monoisotopic (exact) mass is 362 g/mol. The molecule has 0 aliphatic rings. The molecule has 0 saturated carbocycles. The quantitative estimate of drug-likeness (QED) is 0.416. The summed E-state index contributed by atoms with van der Waals surface area (Å²) in [5, 5.41) is 8.46. The van der Waals surface area contributed by atoms with Crippen molar-refractivity contribution in [2.24, 2.45) is 0 Å². The number of rotatable bonds is 6. The molecule has 0 spiro atoms. The van der Waals surface area contributed by atoms with Gasteiger partial charge in [-0.1, -0.05) is 18.2 Å². The van der Waals surface area contributed by atoms with Gasteiger partial charge in [-0.05, 0) is 48.4 Å². The molecule has 0 atom stereocenters. The van der Waals surface area contributed by atoms with E-state index in [-0.39, 0.29) is 4.90 Å². The van der Waals surface area contributed by atoms with Gasteiger partial charge in [0.25, 0.3) is 15.9 Å². The summed E-state index contributed by atoms with van der Waals surface area (Å²) >= 11 is 0. The number of anilines is 1. The molecule has 0 heterocycles. The van der Waals surface area contributed by atoms with E-state index >= 15 is 0 Å². The van der Waals surface area contributed by atoms with Gasteiger partial charge in [0.2, 0.25) is 0 Å². The molecule has 2 aromatic rings. The van der Waals surface area contributed by atoms with E-state index in [0.717, 1.165) is 11.6 Å². The second-order valence-corrected chi connectivity index (χ2v) is 6.87. The molecule has 0 aliphatic heterocycles. The number of carbonyl (C=O) groups is 1. The van der Waals surface area contributed by atoms with Crippen LogP contribution in [0.3, 0.4) is 0 Å². The van der Waals surface area contributed by atoms with Crippen LogP contribution < -0.4 is 14.9 Å². The molecule has 0 radical (unpaired) electrons. The van der Waals surface area contributed by atoms with E-state index in [4.69, 9.17) is 9.94 Å². The smallest absolute Gasteiger partial charge is 0.267 e. The molecule has 7 nitrogen and oxygen atoms in total. The number of sulfonamides is 1. The highest BCUT2D eigenvalue weighted by molar-refractivity contribution is 7.92. The molecule has 8 heteroatoms. The van der Waals surface area contributed by atoms with Gasteiger partial charge >= 0.3 is 0 Å². The van der Waals surface area contributed by atoms with Crippen molar-refractivity contribution in [3.8, 4) is 5.75 Å². The van der Waals surface area contributed by atoms with Crippen molar-refractivity contribution in [2.75, 3.05) is 11.8 Å². The highest BCUT2D eigenvalue weighted by atomic mass is 32.2. The van der Waals surface area contributed by atoms with Gasteiger partial charge in [0.15, 0.2) is 0 Å². The van der Waals surface area contributed by atoms with Crippen LogP contribution in [-0.4, -0.2) is 26.6 Å². The summed E-state index contributed by atoms with van der Waals surface area (Å²) < 4.78 is 32.9. The van der Waals surface area contributed by atoms with E-state index < -0.39 is 15.9 Å². The van der Waals surface area contributed by atoms with Crippen molar-refractivity contribution >= 4 is 27.7 Å². The molecule has 2 rings (SSSR count). The fourth-order valence-electron chi connectivity index (χ4n) is 2.08. The summed E-state index contributed by atoms with van der Waals surface area (Å²) in [7, 11) is -2.38. The third-order valence-corrected chi connectivity index (χ3v) is 4.67. The number of aryl methyl sites for hydroxylation is 1. The Bertz CT molecular complexity index is 907. The number of nitrogens with one attached hydrogen (secondary N) is 2. The van der Waals surface area contributed by atoms with Crippen LogP contribution in [0, 0.1) is 6.92 Å². The van der Waals surface area contributed by atoms with Crippen molar-refractivity contribution < 1.29 is 23.2 Å². The molecule has 3 N–H and O–H groups in total. The number of hydroxylamine groups is 1. The molecule has 25 heavy (non-hydrogen) atoms. The van der Waals surface area contributed by atoms with Gasteiger partial charge in [0, 0.05) is 6.08 Å². The predicted molar refractivity (Wildman–Crippen MR) is 93.9 cm³/mol. The van der Waals surface area contributed by atoms with Gasteiger partial charge < -0.3 is 4.74 Å². The topological polar surface area (TPSA) is 105 Å². The first-order valence-electron chi connectivity index (χ1n) is 7.25. The summed E-state index contributed by atoms with van der Waals surface area (Å²) in [5.74, 6) is -0.296. The van der Waals surface area contributed by atoms with Gasteiger partial charge in [0.1, 0.15) is 5.75 Å². The standard InChI is InChI=1S/C17H18N2O5S/c1-12-6-8-15(16(10-12)24-2)19-25(22,23)14-5-3-4-13(11-14)7-9-17(20)18-21/h3-11,19,21H,1-2H3,(H,18,20)/b9-7+. The minimum absolute atomic E-state index is 0.0293. The minimum atomic E-state index is -3.84. The second kappa shape index (κ2) is 7.82. The zero-order valence-corrected chi connectivity index (χ0v) is 14.5. The summed E-state index contributed by atoms with van der Waals surface area (Å²) in [6.45, 7) is 1.87. The third kappa shape index (κ3) is 4.82. The Morgan fingerprint density at radius 2 is 1.96 bits per heavy atom. The Morgan fingerprint density at radius 3 is 2.64 bits per heavy atom. The van der Waals surface area contributed by atoms with Crippen molar-refractivity contribution in [1.82, 2.24) is 5.48 Å².